The Morgan fingerprint density at radius 2 is 1.92 bits per heavy atom. The first-order chi connectivity index (χ1) is 12.4. The topological polar surface area (TPSA) is 76.5 Å². The van der Waals surface area contributed by atoms with Crippen molar-refractivity contribution in [2.24, 2.45) is 0 Å². The maximum Gasteiger partial charge on any atom is 0.433 e. The van der Waals surface area contributed by atoms with Crippen LogP contribution < -0.4 is 5.32 Å². The quantitative estimate of drug-likeness (QED) is 0.752. The van der Waals surface area contributed by atoms with E-state index in [4.69, 9.17) is 0 Å². The van der Waals surface area contributed by atoms with Crippen molar-refractivity contribution >= 4 is 5.95 Å². The summed E-state index contributed by atoms with van der Waals surface area (Å²) in [5, 5.41) is 2.98. The fraction of sp³-hybridized carbons (Fsp3) is 0.235. The lowest BCUT2D eigenvalue weighted by Gasteiger charge is -2.09. The molecule has 0 radical (unpaired) electrons. The first kappa shape index (κ1) is 17.7. The number of nitrogens with one attached hydrogen (secondary N) is 1. The molecule has 26 heavy (non-hydrogen) atoms. The van der Waals surface area contributed by atoms with E-state index in [0.29, 0.717) is 18.2 Å². The van der Waals surface area contributed by atoms with Crippen molar-refractivity contribution in [1.29, 1.82) is 0 Å². The van der Waals surface area contributed by atoms with Crippen LogP contribution in [0.3, 0.4) is 0 Å². The molecule has 1 N–H and O–H groups in total. The number of hydrogen-bond donors (Lipinski definition) is 1. The van der Waals surface area contributed by atoms with Gasteiger partial charge in [-0.2, -0.15) is 13.2 Å². The smallest absolute Gasteiger partial charge is 0.354 e. The SMILES string of the molecule is Cc1cc(C(F)(F)F)nc(CCNc2nccc(-c3cccnc3)n2)n1. The Balaban J connectivity index is 1.67. The summed E-state index contributed by atoms with van der Waals surface area (Å²) in [6.45, 7) is 1.81. The number of alkyl halides is 3. The number of hydrogen-bond acceptors (Lipinski definition) is 6. The summed E-state index contributed by atoms with van der Waals surface area (Å²) >= 11 is 0. The molecule has 134 valence electrons. The molecule has 0 atom stereocenters. The summed E-state index contributed by atoms with van der Waals surface area (Å²) in [5.41, 5.74) is 0.878. The van der Waals surface area contributed by atoms with Gasteiger partial charge < -0.3 is 5.32 Å². The number of nitrogens with zero attached hydrogens (tertiary/aromatic N) is 5. The number of pyridine rings is 1. The van der Waals surface area contributed by atoms with Crippen molar-refractivity contribution in [3.8, 4) is 11.3 Å². The lowest BCUT2D eigenvalue weighted by Crippen LogP contribution is -2.15. The average molecular weight is 360 g/mol. The van der Waals surface area contributed by atoms with E-state index >= 15 is 0 Å². The Bertz CT molecular complexity index is 883. The third-order valence-electron chi connectivity index (χ3n) is 3.44. The third kappa shape index (κ3) is 4.50. The zero-order valence-corrected chi connectivity index (χ0v) is 13.8. The second-order valence-electron chi connectivity index (χ2n) is 5.49. The molecule has 3 rings (SSSR count). The van der Waals surface area contributed by atoms with Crippen molar-refractivity contribution in [3.05, 3.63) is 60.1 Å². The summed E-state index contributed by atoms with van der Waals surface area (Å²) in [4.78, 5) is 20.1. The molecule has 0 saturated carbocycles. The number of halogens is 3. The van der Waals surface area contributed by atoms with Crippen molar-refractivity contribution in [1.82, 2.24) is 24.9 Å². The first-order valence-corrected chi connectivity index (χ1v) is 7.81. The van der Waals surface area contributed by atoms with Gasteiger partial charge in [0.1, 0.15) is 11.5 Å². The molecular formula is C17H15F3N6. The Hall–Kier alpha value is -3.10. The molecule has 0 fully saturated rings. The molecule has 0 aliphatic heterocycles. The van der Waals surface area contributed by atoms with E-state index in [2.05, 4.69) is 30.2 Å². The summed E-state index contributed by atoms with van der Waals surface area (Å²) in [6.07, 6.45) is 0.678. The molecular weight excluding hydrogens is 345 g/mol. The molecule has 3 heterocycles. The van der Waals surface area contributed by atoms with Gasteiger partial charge in [0.2, 0.25) is 5.95 Å². The maximum absolute atomic E-state index is 12.8. The van der Waals surface area contributed by atoms with Crippen molar-refractivity contribution < 1.29 is 13.2 Å². The van der Waals surface area contributed by atoms with Crippen LogP contribution in [0.4, 0.5) is 19.1 Å². The van der Waals surface area contributed by atoms with Crippen LogP contribution in [-0.4, -0.2) is 31.5 Å². The van der Waals surface area contributed by atoms with Gasteiger partial charge in [-0.1, -0.05) is 0 Å². The van der Waals surface area contributed by atoms with Gasteiger partial charge in [0.05, 0.1) is 5.69 Å². The molecule has 0 saturated heterocycles. The summed E-state index contributed by atoms with van der Waals surface area (Å²) in [6, 6.07) is 6.36. The first-order valence-electron chi connectivity index (χ1n) is 7.81. The summed E-state index contributed by atoms with van der Waals surface area (Å²) in [5.74, 6) is 0.489. The fourth-order valence-corrected chi connectivity index (χ4v) is 2.29. The molecule has 0 bridgehead atoms. The molecule has 0 spiro atoms. The highest BCUT2D eigenvalue weighted by Crippen LogP contribution is 2.27. The van der Waals surface area contributed by atoms with Crippen LogP contribution in [0.2, 0.25) is 0 Å². The van der Waals surface area contributed by atoms with Crippen LogP contribution >= 0.6 is 0 Å². The number of anilines is 1. The van der Waals surface area contributed by atoms with Crippen LogP contribution in [-0.2, 0) is 12.6 Å². The largest absolute Gasteiger partial charge is 0.433 e. The van der Waals surface area contributed by atoms with Gasteiger partial charge in [-0.3, -0.25) is 4.98 Å². The second kappa shape index (κ2) is 7.42. The van der Waals surface area contributed by atoms with Gasteiger partial charge in [0.15, 0.2) is 0 Å². The number of aryl methyl sites for hydroxylation is 1. The fourth-order valence-electron chi connectivity index (χ4n) is 2.29. The highest BCUT2D eigenvalue weighted by atomic mass is 19.4. The summed E-state index contributed by atoms with van der Waals surface area (Å²) < 4.78 is 38.4. The normalized spacial score (nSPS) is 11.4. The molecule has 3 aromatic rings. The molecule has 0 amide bonds. The Morgan fingerprint density at radius 1 is 1.08 bits per heavy atom. The van der Waals surface area contributed by atoms with Gasteiger partial charge >= 0.3 is 6.18 Å². The molecule has 3 aromatic heterocycles. The Labute approximate surface area is 147 Å². The zero-order chi connectivity index (χ0) is 18.6. The van der Waals surface area contributed by atoms with Gasteiger partial charge in [-0.15, -0.1) is 0 Å². The predicted octanol–water partition coefficient (Wildman–Crippen LogP) is 3.31. The second-order valence-corrected chi connectivity index (χ2v) is 5.49. The van der Waals surface area contributed by atoms with Crippen LogP contribution in [0.15, 0.2) is 42.9 Å². The van der Waals surface area contributed by atoms with Gasteiger partial charge in [0.25, 0.3) is 0 Å². The standard InChI is InChI=1S/C17H15F3N6/c1-11-9-14(17(18,19)20)26-15(24-11)5-8-23-16-22-7-4-13(25-16)12-3-2-6-21-10-12/h2-4,6-7,9-10H,5,8H2,1H3,(H,22,23,25). The predicted molar refractivity (Wildman–Crippen MR) is 89.2 cm³/mol. The molecule has 6 nitrogen and oxygen atoms in total. The summed E-state index contributed by atoms with van der Waals surface area (Å²) in [7, 11) is 0. The Morgan fingerprint density at radius 3 is 2.65 bits per heavy atom. The maximum atomic E-state index is 12.8. The zero-order valence-electron chi connectivity index (χ0n) is 13.8. The number of aromatic nitrogens is 5. The minimum atomic E-state index is -4.49. The van der Waals surface area contributed by atoms with E-state index in [0.717, 1.165) is 11.6 Å². The van der Waals surface area contributed by atoms with Gasteiger partial charge in [-0.05, 0) is 31.2 Å². The van der Waals surface area contributed by atoms with Crippen LogP contribution in [0, 0.1) is 6.92 Å². The molecule has 0 unspecified atom stereocenters. The van der Waals surface area contributed by atoms with E-state index in [9.17, 15) is 13.2 Å². The van der Waals surface area contributed by atoms with Crippen LogP contribution in [0.25, 0.3) is 11.3 Å². The van der Waals surface area contributed by atoms with Gasteiger partial charge in [-0.25, -0.2) is 19.9 Å². The third-order valence-corrected chi connectivity index (χ3v) is 3.44. The molecule has 0 aliphatic carbocycles. The lowest BCUT2D eigenvalue weighted by atomic mass is 10.2. The monoisotopic (exact) mass is 360 g/mol. The number of rotatable bonds is 5. The van der Waals surface area contributed by atoms with Crippen LogP contribution in [0.5, 0.6) is 0 Å². The highest BCUT2D eigenvalue weighted by Gasteiger charge is 2.33. The molecule has 0 aliphatic rings. The van der Waals surface area contributed by atoms with E-state index in [1.165, 1.54) is 6.92 Å². The van der Waals surface area contributed by atoms with E-state index in [1.54, 1.807) is 30.7 Å². The minimum Gasteiger partial charge on any atom is -0.354 e. The van der Waals surface area contributed by atoms with Crippen LogP contribution in [0.1, 0.15) is 17.2 Å². The van der Waals surface area contributed by atoms with Gasteiger partial charge in [0, 0.05) is 42.8 Å². The molecule has 0 aromatic carbocycles. The van der Waals surface area contributed by atoms with E-state index in [-0.39, 0.29) is 17.9 Å². The molecule has 9 heteroatoms. The average Bonchev–Trinajstić information content (AvgIpc) is 2.62. The van der Waals surface area contributed by atoms with Crippen molar-refractivity contribution in [2.75, 3.05) is 11.9 Å². The van der Waals surface area contributed by atoms with E-state index in [1.807, 2.05) is 6.07 Å². The van der Waals surface area contributed by atoms with Crippen molar-refractivity contribution in [3.63, 3.8) is 0 Å². The van der Waals surface area contributed by atoms with Crippen molar-refractivity contribution in [2.45, 2.75) is 19.5 Å². The Kier molecular flexibility index (Phi) is 5.06. The van der Waals surface area contributed by atoms with E-state index < -0.39 is 11.9 Å². The lowest BCUT2D eigenvalue weighted by molar-refractivity contribution is -0.141. The minimum absolute atomic E-state index is 0.119. The highest BCUT2D eigenvalue weighted by molar-refractivity contribution is 5.58.